The van der Waals surface area contributed by atoms with Crippen LogP contribution in [0.2, 0.25) is 0 Å². The zero-order chi connectivity index (χ0) is 24.5. The van der Waals surface area contributed by atoms with Gasteiger partial charge in [-0.25, -0.2) is 0 Å². The van der Waals surface area contributed by atoms with Gasteiger partial charge < -0.3 is 10.5 Å². The van der Waals surface area contributed by atoms with E-state index in [9.17, 15) is 14.4 Å². The molecule has 5 rings (SSSR count). The van der Waals surface area contributed by atoms with E-state index in [2.05, 4.69) is 17.0 Å². The van der Waals surface area contributed by atoms with E-state index in [0.717, 1.165) is 41.9 Å². The average molecular weight is 490 g/mol. The number of hydrogen-bond acceptors (Lipinski definition) is 7. The Hall–Kier alpha value is -4.05. The SMILES string of the molecule is CCCCCOc1ccc(-c2nc3sc(=C4C(=O)N(CC(N)=O)c5ccccc54)c(=O)n3n2)cc1. The molecule has 0 saturated carbocycles. The van der Waals surface area contributed by atoms with Gasteiger partial charge in [-0.15, -0.1) is 5.10 Å². The van der Waals surface area contributed by atoms with Crippen molar-refractivity contribution in [1.82, 2.24) is 14.6 Å². The molecule has 1 aliphatic rings. The number of fused-ring (bicyclic) bond motifs is 2. The fourth-order valence-electron chi connectivity index (χ4n) is 4.06. The molecule has 9 nitrogen and oxygen atoms in total. The first-order chi connectivity index (χ1) is 17.0. The molecule has 178 valence electrons. The van der Waals surface area contributed by atoms with Crippen molar-refractivity contribution in [3.05, 3.63) is 69.0 Å². The van der Waals surface area contributed by atoms with Gasteiger partial charge in [-0.1, -0.05) is 49.3 Å². The molecule has 0 radical (unpaired) electrons. The highest BCUT2D eigenvalue weighted by Gasteiger charge is 2.35. The van der Waals surface area contributed by atoms with Crippen LogP contribution < -0.4 is 25.5 Å². The van der Waals surface area contributed by atoms with Crippen molar-refractivity contribution in [1.29, 1.82) is 0 Å². The molecule has 0 aliphatic carbocycles. The fourth-order valence-corrected chi connectivity index (χ4v) is 5.06. The van der Waals surface area contributed by atoms with E-state index in [-0.39, 0.29) is 16.7 Å². The average Bonchev–Trinajstić information content (AvgIpc) is 3.48. The standard InChI is InChI=1S/C25H23N5O4S/c1-2-3-6-13-34-16-11-9-15(10-12-16)22-27-25-30(28-22)24(33)21(35-25)20-17-7-4-5-8-18(17)29(23(20)32)14-19(26)31/h4-5,7-12H,2-3,6,13-14H2,1H3,(H2,26,31). The Labute approximate surface area is 204 Å². The molecule has 0 bridgehead atoms. The van der Waals surface area contributed by atoms with Crippen LogP contribution in [0.5, 0.6) is 5.75 Å². The highest BCUT2D eigenvalue weighted by atomic mass is 32.1. The predicted molar refractivity (Wildman–Crippen MR) is 133 cm³/mol. The lowest BCUT2D eigenvalue weighted by molar-refractivity contribution is -0.119. The fraction of sp³-hybridized carbons (Fsp3) is 0.240. The first-order valence-electron chi connectivity index (χ1n) is 11.3. The number of carbonyl (C=O) groups excluding carboxylic acids is 2. The van der Waals surface area contributed by atoms with Gasteiger partial charge in [-0.2, -0.15) is 9.50 Å². The van der Waals surface area contributed by atoms with E-state index in [4.69, 9.17) is 10.5 Å². The number of ether oxygens (including phenoxy) is 1. The lowest BCUT2D eigenvalue weighted by Crippen LogP contribution is -2.37. The van der Waals surface area contributed by atoms with Crippen molar-refractivity contribution in [3.8, 4) is 17.1 Å². The lowest BCUT2D eigenvalue weighted by Gasteiger charge is -2.14. The number of thiazole rings is 1. The van der Waals surface area contributed by atoms with Crippen LogP contribution in [0.25, 0.3) is 21.9 Å². The summed E-state index contributed by atoms with van der Waals surface area (Å²) in [6, 6.07) is 14.4. The highest BCUT2D eigenvalue weighted by molar-refractivity contribution is 7.15. The van der Waals surface area contributed by atoms with Gasteiger partial charge in [0.25, 0.3) is 11.5 Å². The Morgan fingerprint density at radius 3 is 2.57 bits per heavy atom. The van der Waals surface area contributed by atoms with Crippen LogP contribution in [0.1, 0.15) is 31.7 Å². The van der Waals surface area contributed by atoms with Gasteiger partial charge >= 0.3 is 0 Å². The summed E-state index contributed by atoms with van der Waals surface area (Å²) in [6.45, 7) is 2.55. The van der Waals surface area contributed by atoms with E-state index in [1.54, 1.807) is 24.3 Å². The molecule has 0 atom stereocenters. The summed E-state index contributed by atoms with van der Waals surface area (Å²) >= 11 is 1.10. The summed E-state index contributed by atoms with van der Waals surface area (Å²) in [5, 5.41) is 4.39. The maximum absolute atomic E-state index is 13.2. The molecule has 0 fully saturated rings. The Morgan fingerprint density at radius 1 is 1.09 bits per heavy atom. The van der Waals surface area contributed by atoms with Crippen molar-refractivity contribution in [2.24, 2.45) is 5.73 Å². The third kappa shape index (κ3) is 4.17. The summed E-state index contributed by atoms with van der Waals surface area (Å²) < 4.78 is 7.19. The summed E-state index contributed by atoms with van der Waals surface area (Å²) in [5.41, 5.74) is 7.01. The summed E-state index contributed by atoms with van der Waals surface area (Å²) in [7, 11) is 0. The molecule has 1 aliphatic heterocycles. The molecule has 2 N–H and O–H groups in total. The number of benzene rings is 2. The van der Waals surface area contributed by atoms with Crippen molar-refractivity contribution in [2.45, 2.75) is 26.2 Å². The number of hydrogen-bond donors (Lipinski definition) is 1. The molecule has 3 heterocycles. The van der Waals surface area contributed by atoms with Gasteiger partial charge in [0.2, 0.25) is 10.9 Å². The molecule has 10 heteroatoms. The number of para-hydroxylation sites is 1. The number of nitrogens with two attached hydrogens (primary N) is 1. The minimum absolute atomic E-state index is 0.229. The smallest absolute Gasteiger partial charge is 0.291 e. The maximum atomic E-state index is 13.2. The van der Waals surface area contributed by atoms with Crippen LogP contribution in [0.3, 0.4) is 0 Å². The number of carbonyl (C=O) groups is 2. The third-order valence-corrected chi connectivity index (χ3v) is 6.78. The van der Waals surface area contributed by atoms with Crippen LogP contribution in [-0.2, 0) is 9.59 Å². The summed E-state index contributed by atoms with van der Waals surface area (Å²) in [5.74, 6) is 0.103. The first kappa shape index (κ1) is 22.7. The zero-order valence-electron chi connectivity index (χ0n) is 19.1. The van der Waals surface area contributed by atoms with Crippen molar-refractivity contribution in [3.63, 3.8) is 0 Å². The molecule has 35 heavy (non-hydrogen) atoms. The molecule has 0 spiro atoms. The van der Waals surface area contributed by atoms with Crippen LogP contribution in [-0.4, -0.2) is 39.6 Å². The maximum Gasteiger partial charge on any atom is 0.291 e. The molecule has 0 unspecified atom stereocenters. The Kier molecular flexibility index (Phi) is 6.04. The monoisotopic (exact) mass is 489 g/mol. The van der Waals surface area contributed by atoms with Crippen LogP contribution >= 0.6 is 11.3 Å². The Morgan fingerprint density at radius 2 is 1.86 bits per heavy atom. The topological polar surface area (TPSA) is 120 Å². The second-order valence-electron chi connectivity index (χ2n) is 8.20. The Bertz CT molecular complexity index is 1540. The minimum atomic E-state index is -0.638. The van der Waals surface area contributed by atoms with E-state index in [1.807, 2.05) is 24.3 Å². The predicted octanol–water partition coefficient (Wildman–Crippen LogP) is 2.14. The van der Waals surface area contributed by atoms with Gasteiger partial charge in [-0.3, -0.25) is 19.3 Å². The summed E-state index contributed by atoms with van der Waals surface area (Å²) in [6.07, 6.45) is 3.28. The van der Waals surface area contributed by atoms with E-state index >= 15 is 0 Å². The lowest BCUT2D eigenvalue weighted by atomic mass is 10.1. The van der Waals surface area contributed by atoms with E-state index in [0.29, 0.717) is 28.6 Å². The van der Waals surface area contributed by atoms with Crippen LogP contribution in [0, 0.1) is 0 Å². The van der Waals surface area contributed by atoms with Gasteiger partial charge in [-0.05, 0) is 36.8 Å². The van der Waals surface area contributed by atoms with Crippen molar-refractivity contribution < 1.29 is 14.3 Å². The number of anilines is 1. The number of aromatic nitrogens is 3. The van der Waals surface area contributed by atoms with Crippen LogP contribution in [0.15, 0.2) is 53.3 Å². The summed E-state index contributed by atoms with van der Waals surface area (Å²) in [4.78, 5) is 44.1. The minimum Gasteiger partial charge on any atom is -0.494 e. The first-order valence-corrected chi connectivity index (χ1v) is 12.2. The third-order valence-electron chi connectivity index (χ3n) is 5.75. The molecule has 4 aromatic rings. The second-order valence-corrected chi connectivity index (χ2v) is 9.17. The largest absolute Gasteiger partial charge is 0.494 e. The van der Waals surface area contributed by atoms with Gasteiger partial charge in [0.15, 0.2) is 5.82 Å². The van der Waals surface area contributed by atoms with Gasteiger partial charge in [0.05, 0.1) is 17.9 Å². The molecule has 2 amide bonds. The van der Waals surface area contributed by atoms with Crippen molar-refractivity contribution >= 4 is 39.4 Å². The number of unbranched alkanes of at least 4 members (excludes halogenated alkanes) is 2. The molecular weight excluding hydrogens is 466 g/mol. The quantitative estimate of drug-likeness (QED) is 0.379. The number of primary amides is 1. The molecule has 0 saturated heterocycles. The Balaban J connectivity index is 1.49. The molecule has 2 aromatic carbocycles. The van der Waals surface area contributed by atoms with Gasteiger partial charge in [0, 0.05) is 11.1 Å². The highest BCUT2D eigenvalue weighted by Crippen LogP contribution is 2.35. The normalized spacial score (nSPS) is 14.5. The van der Waals surface area contributed by atoms with Crippen molar-refractivity contribution in [2.75, 3.05) is 18.1 Å². The number of amides is 2. The van der Waals surface area contributed by atoms with E-state index in [1.165, 1.54) is 9.42 Å². The number of nitrogens with zero attached hydrogens (tertiary/aromatic N) is 4. The number of rotatable bonds is 8. The zero-order valence-corrected chi connectivity index (χ0v) is 19.9. The van der Waals surface area contributed by atoms with Gasteiger partial charge in [0.1, 0.15) is 16.8 Å². The second kappa shape index (κ2) is 9.30. The molecule has 2 aromatic heterocycles. The van der Waals surface area contributed by atoms with E-state index < -0.39 is 17.4 Å². The molecular formula is C25H23N5O4S. The van der Waals surface area contributed by atoms with Crippen LogP contribution in [0.4, 0.5) is 5.69 Å².